The van der Waals surface area contributed by atoms with Gasteiger partial charge in [0.25, 0.3) is 5.91 Å². The van der Waals surface area contributed by atoms with E-state index in [1.165, 1.54) is 32.1 Å². The molecule has 0 radical (unpaired) electrons. The third-order valence-electron chi connectivity index (χ3n) is 5.24. The quantitative estimate of drug-likeness (QED) is 0.709. The van der Waals surface area contributed by atoms with Crippen LogP contribution in [0.15, 0.2) is 42.7 Å². The van der Waals surface area contributed by atoms with Crippen molar-refractivity contribution in [1.29, 1.82) is 0 Å². The monoisotopic (exact) mass is 383 g/mol. The molecule has 1 aromatic carbocycles. The van der Waals surface area contributed by atoms with E-state index < -0.39 is 6.10 Å². The molecule has 1 N–H and O–H groups in total. The van der Waals surface area contributed by atoms with Crippen molar-refractivity contribution in [3.63, 3.8) is 0 Å². The number of carbonyl (C=O) groups excluding carboxylic acids is 2. The van der Waals surface area contributed by atoms with E-state index in [4.69, 9.17) is 4.74 Å². The van der Waals surface area contributed by atoms with Crippen molar-refractivity contribution in [1.82, 2.24) is 15.1 Å². The standard InChI is InChI=1S/C22H29N3O3/c1-17(22(27)23-14-18-8-4-2-5-9-18)28-21(26)13-12-19-15-24-25(16-19)20-10-6-3-7-11-20/h3,6-7,10-11,15-18H,2,4-5,8-9,12-14H2,1H3,(H,23,27). The molecule has 6 heteroatoms. The first-order chi connectivity index (χ1) is 13.6. The number of nitrogens with zero attached hydrogens (tertiary/aromatic N) is 2. The number of esters is 1. The maximum absolute atomic E-state index is 12.2. The number of rotatable bonds is 8. The molecule has 0 aliphatic heterocycles. The Balaban J connectivity index is 1.39. The Labute approximate surface area is 166 Å². The van der Waals surface area contributed by atoms with Crippen LogP contribution in [0.25, 0.3) is 5.69 Å². The van der Waals surface area contributed by atoms with Gasteiger partial charge in [0, 0.05) is 19.2 Å². The molecule has 150 valence electrons. The predicted octanol–water partition coefficient (Wildman–Crippen LogP) is 3.43. The molecule has 1 heterocycles. The number of hydrogen-bond donors (Lipinski definition) is 1. The van der Waals surface area contributed by atoms with Crippen molar-refractivity contribution in [2.45, 2.75) is 58.0 Å². The highest BCUT2D eigenvalue weighted by atomic mass is 16.5. The first-order valence-corrected chi connectivity index (χ1v) is 10.2. The summed E-state index contributed by atoms with van der Waals surface area (Å²) in [7, 11) is 0. The van der Waals surface area contributed by atoms with Crippen molar-refractivity contribution in [3.8, 4) is 5.69 Å². The average molecular weight is 383 g/mol. The van der Waals surface area contributed by atoms with E-state index in [-0.39, 0.29) is 18.3 Å². The molecule has 0 spiro atoms. The first kappa shape index (κ1) is 20.1. The van der Waals surface area contributed by atoms with Gasteiger partial charge >= 0.3 is 5.97 Å². The highest BCUT2D eigenvalue weighted by Crippen LogP contribution is 2.22. The number of hydrogen-bond acceptors (Lipinski definition) is 4. The summed E-state index contributed by atoms with van der Waals surface area (Å²) >= 11 is 0. The van der Waals surface area contributed by atoms with Crippen LogP contribution in [-0.2, 0) is 20.7 Å². The van der Waals surface area contributed by atoms with E-state index >= 15 is 0 Å². The normalized spacial score (nSPS) is 15.8. The van der Waals surface area contributed by atoms with Crippen molar-refractivity contribution in [2.75, 3.05) is 6.54 Å². The maximum atomic E-state index is 12.2. The number of para-hydroxylation sites is 1. The number of ether oxygens (including phenoxy) is 1. The molecule has 3 rings (SSSR count). The van der Waals surface area contributed by atoms with Gasteiger partial charge in [-0.05, 0) is 49.8 Å². The molecule has 1 aliphatic carbocycles. The van der Waals surface area contributed by atoms with Crippen LogP contribution in [-0.4, -0.2) is 34.3 Å². The highest BCUT2D eigenvalue weighted by Gasteiger charge is 2.20. The third-order valence-corrected chi connectivity index (χ3v) is 5.24. The van der Waals surface area contributed by atoms with Crippen molar-refractivity contribution < 1.29 is 14.3 Å². The summed E-state index contributed by atoms with van der Waals surface area (Å²) in [5.74, 6) is -0.0228. The number of carbonyl (C=O) groups is 2. The second-order valence-electron chi connectivity index (χ2n) is 7.51. The van der Waals surface area contributed by atoms with Gasteiger partial charge in [0.15, 0.2) is 6.10 Å². The summed E-state index contributed by atoms with van der Waals surface area (Å²) < 4.78 is 7.07. The molecule has 28 heavy (non-hydrogen) atoms. The number of amides is 1. The first-order valence-electron chi connectivity index (χ1n) is 10.2. The fraction of sp³-hybridized carbons (Fsp3) is 0.500. The predicted molar refractivity (Wildman–Crippen MR) is 107 cm³/mol. The van der Waals surface area contributed by atoms with Crippen LogP contribution >= 0.6 is 0 Å². The minimum Gasteiger partial charge on any atom is -0.453 e. The van der Waals surface area contributed by atoms with Gasteiger partial charge in [0.1, 0.15) is 0 Å². The summed E-state index contributed by atoms with van der Waals surface area (Å²) in [5.41, 5.74) is 1.93. The number of aromatic nitrogens is 2. The second-order valence-corrected chi connectivity index (χ2v) is 7.51. The van der Waals surface area contributed by atoms with Crippen LogP contribution in [0.1, 0.15) is 51.0 Å². The largest absolute Gasteiger partial charge is 0.453 e. The minimum absolute atomic E-state index is 0.212. The van der Waals surface area contributed by atoms with E-state index in [9.17, 15) is 9.59 Å². The SMILES string of the molecule is CC(OC(=O)CCc1cnn(-c2ccccc2)c1)C(=O)NCC1CCCCC1. The Bertz CT molecular complexity index is 766. The molecule has 0 bridgehead atoms. The lowest BCUT2D eigenvalue weighted by Crippen LogP contribution is -2.38. The van der Waals surface area contributed by atoms with Crippen LogP contribution in [0.2, 0.25) is 0 Å². The van der Waals surface area contributed by atoms with Gasteiger partial charge in [0.05, 0.1) is 11.9 Å². The van der Waals surface area contributed by atoms with Gasteiger partial charge in [-0.3, -0.25) is 9.59 Å². The zero-order chi connectivity index (χ0) is 19.8. The third kappa shape index (κ3) is 5.94. The van der Waals surface area contributed by atoms with Gasteiger partial charge in [-0.15, -0.1) is 0 Å². The van der Waals surface area contributed by atoms with Crippen LogP contribution in [0.4, 0.5) is 0 Å². The molecule has 1 aliphatic rings. The number of aryl methyl sites for hydroxylation is 1. The Morgan fingerprint density at radius 3 is 2.71 bits per heavy atom. The molecule has 1 fully saturated rings. The molecule has 1 atom stereocenters. The smallest absolute Gasteiger partial charge is 0.306 e. The zero-order valence-electron chi connectivity index (χ0n) is 16.5. The molecular formula is C22H29N3O3. The Hall–Kier alpha value is -2.63. The Kier molecular flexibility index (Phi) is 7.23. The van der Waals surface area contributed by atoms with Gasteiger partial charge in [-0.2, -0.15) is 5.10 Å². The zero-order valence-corrected chi connectivity index (χ0v) is 16.5. The second kappa shape index (κ2) is 10.1. The topological polar surface area (TPSA) is 73.2 Å². The summed E-state index contributed by atoms with van der Waals surface area (Å²) in [5, 5.41) is 7.25. The molecule has 1 unspecified atom stereocenters. The lowest BCUT2D eigenvalue weighted by molar-refractivity contribution is -0.154. The summed E-state index contributed by atoms with van der Waals surface area (Å²) in [6.45, 7) is 2.31. The van der Waals surface area contributed by atoms with Gasteiger partial charge in [0.2, 0.25) is 0 Å². The maximum Gasteiger partial charge on any atom is 0.306 e. The Morgan fingerprint density at radius 2 is 1.96 bits per heavy atom. The average Bonchev–Trinajstić information content (AvgIpc) is 3.21. The van der Waals surface area contributed by atoms with E-state index in [1.807, 2.05) is 36.5 Å². The van der Waals surface area contributed by atoms with E-state index in [1.54, 1.807) is 17.8 Å². The molecule has 1 amide bonds. The number of nitrogens with one attached hydrogen (secondary N) is 1. The molecule has 0 saturated heterocycles. The van der Waals surface area contributed by atoms with Crippen LogP contribution < -0.4 is 5.32 Å². The lowest BCUT2D eigenvalue weighted by Gasteiger charge is -2.22. The van der Waals surface area contributed by atoms with E-state index in [2.05, 4.69) is 10.4 Å². The van der Waals surface area contributed by atoms with Crippen LogP contribution in [0, 0.1) is 5.92 Å². The lowest BCUT2D eigenvalue weighted by atomic mass is 9.89. The van der Waals surface area contributed by atoms with Crippen molar-refractivity contribution in [2.24, 2.45) is 5.92 Å². The van der Waals surface area contributed by atoms with E-state index in [0.717, 1.165) is 11.3 Å². The van der Waals surface area contributed by atoms with Gasteiger partial charge in [-0.25, -0.2) is 4.68 Å². The Morgan fingerprint density at radius 1 is 1.21 bits per heavy atom. The van der Waals surface area contributed by atoms with E-state index in [0.29, 0.717) is 18.9 Å². The minimum atomic E-state index is -0.761. The van der Waals surface area contributed by atoms with Crippen molar-refractivity contribution >= 4 is 11.9 Å². The molecule has 1 aromatic heterocycles. The van der Waals surface area contributed by atoms with Crippen LogP contribution in [0.5, 0.6) is 0 Å². The molecule has 6 nitrogen and oxygen atoms in total. The molecular weight excluding hydrogens is 354 g/mol. The summed E-state index contributed by atoms with van der Waals surface area (Å²) in [6, 6.07) is 9.80. The number of benzene rings is 1. The highest BCUT2D eigenvalue weighted by molar-refractivity contribution is 5.83. The summed E-state index contributed by atoms with van der Waals surface area (Å²) in [6.07, 6.45) is 9.77. The fourth-order valence-corrected chi connectivity index (χ4v) is 3.55. The summed E-state index contributed by atoms with van der Waals surface area (Å²) in [4.78, 5) is 24.2. The van der Waals surface area contributed by atoms with Crippen molar-refractivity contribution in [3.05, 3.63) is 48.3 Å². The van der Waals surface area contributed by atoms with Gasteiger partial charge < -0.3 is 10.1 Å². The van der Waals surface area contributed by atoms with Gasteiger partial charge in [-0.1, -0.05) is 37.5 Å². The molecule has 1 saturated carbocycles. The molecule has 2 aromatic rings. The van der Waals surface area contributed by atoms with Crippen LogP contribution in [0.3, 0.4) is 0 Å². The fourth-order valence-electron chi connectivity index (χ4n) is 3.55.